The molecule has 0 saturated carbocycles. The van der Waals surface area contributed by atoms with Gasteiger partial charge in [0.15, 0.2) is 0 Å². The van der Waals surface area contributed by atoms with Crippen LogP contribution in [0.4, 0.5) is 0 Å². The number of hydrogen-bond donors (Lipinski definition) is 1. The smallest absolute Gasteiger partial charge is 0.335 e. The number of rotatable bonds is 7. The molecule has 35 heavy (non-hydrogen) atoms. The number of halogens is 1. The number of hydrogen-bond acceptors (Lipinski definition) is 6. The van der Waals surface area contributed by atoms with Crippen molar-refractivity contribution in [3.63, 3.8) is 0 Å². The number of benzene rings is 2. The van der Waals surface area contributed by atoms with E-state index in [-0.39, 0.29) is 17.7 Å². The van der Waals surface area contributed by atoms with Gasteiger partial charge in [0, 0.05) is 30.1 Å². The minimum absolute atomic E-state index is 0.0217. The summed E-state index contributed by atoms with van der Waals surface area (Å²) in [5, 5.41) is 9.86. The zero-order valence-corrected chi connectivity index (χ0v) is 20.1. The van der Waals surface area contributed by atoms with E-state index in [1.54, 1.807) is 34.9 Å². The van der Waals surface area contributed by atoms with Crippen LogP contribution >= 0.6 is 11.6 Å². The van der Waals surface area contributed by atoms with Crippen molar-refractivity contribution in [2.45, 2.75) is 32.5 Å². The third kappa shape index (κ3) is 4.82. The van der Waals surface area contributed by atoms with E-state index in [4.69, 9.17) is 26.1 Å². The van der Waals surface area contributed by atoms with Gasteiger partial charge in [0.05, 0.1) is 42.6 Å². The quantitative estimate of drug-likeness (QED) is 0.536. The Morgan fingerprint density at radius 3 is 2.83 bits per heavy atom. The van der Waals surface area contributed by atoms with Crippen molar-refractivity contribution in [1.82, 2.24) is 14.5 Å². The Balaban J connectivity index is 1.35. The molecule has 182 valence electrons. The highest BCUT2D eigenvalue weighted by Crippen LogP contribution is 2.33. The summed E-state index contributed by atoms with van der Waals surface area (Å²) in [7, 11) is 0. The van der Waals surface area contributed by atoms with E-state index < -0.39 is 5.97 Å². The van der Waals surface area contributed by atoms with E-state index in [0.717, 1.165) is 37.4 Å². The molecule has 0 aliphatic carbocycles. The molecular weight excluding hydrogens is 470 g/mol. The van der Waals surface area contributed by atoms with Crippen LogP contribution in [0.1, 0.15) is 27.4 Å². The molecule has 1 saturated heterocycles. The Bertz CT molecular complexity index is 1340. The number of aromatic nitrogens is 2. The van der Waals surface area contributed by atoms with E-state index in [2.05, 4.69) is 4.90 Å². The number of nitrogens with zero attached hydrogens (tertiary/aromatic N) is 3. The molecule has 0 radical (unpaired) electrons. The van der Waals surface area contributed by atoms with Crippen molar-refractivity contribution < 1.29 is 19.4 Å². The fourth-order valence-electron chi connectivity index (χ4n) is 4.58. The van der Waals surface area contributed by atoms with Crippen molar-refractivity contribution in [1.29, 1.82) is 0 Å². The summed E-state index contributed by atoms with van der Waals surface area (Å²) in [6.07, 6.45) is 0.767. The van der Waals surface area contributed by atoms with Crippen LogP contribution in [0.5, 0.6) is 5.75 Å². The van der Waals surface area contributed by atoms with E-state index in [1.807, 2.05) is 13.0 Å². The van der Waals surface area contributed by atoms with Crippen molar-refractivity contribution >= 4 is 17.6 Å². The lowest BCUT2D eigenvalue weighted by Gasteiger charge is -2.39. The Kier molecular flexibility index (Phi) is 6.60. The SMILES string of the molecule is Cc1nc2c(c(=O)n1CCOc1ccc(Cl)cc1-c1cccc(C(=O)O)c1)CN(C1COC1)CC2. The number of fused-ring (bicyclic) bond motifs is 1. The fourth-order valence-corrected chi connectivity index (χ4v) is 4.76. The third-order valence-electron chi connectivity index (χ3n) is 6.61. The molecule has 1 fully saturated rings. The second-order valence-corrected chi connectivity index (χ2v) is 9.26. The number of aryl methyl sites for hydroxylation is 1. The van der Waals surface area contributed by atoms with Crippen molar-refractivity contribution in [2.75, 3.05) is 26.4 Å². The second kappa shape index (κ2) is 9.81. The lowest BCUT2D eigenvalue weighted by atomic mass is 10.0. The molecule has 2 aliphatic rings. The van der Waals surface area contributed by atoms with Crippen LogP contribution < -0.4 is 10.3 Å². The Morgan fingerprint density at radius 2 is 2.09 bits per heavy atom. The summed E-state index contributed by atoms with van der Waals surface area (Å²) in [6.45, 7) is 5.35. The zero-order chi connectivity index (χ0) is 24.5. The molecule has 5 rings (SSSR count). The number of carboxylic acid groups (broad SMARTS) is 1. The molecule has 2 aliphatic heterocycles. The standard InChI is InChI=1S/C26H26ClN3O5/c1-16-28-23-7-8-29(20-14-34-15-20)13-22(23)25(31)30(16)9-10-35-24-6-5-19(27)12-21(24)17-3-2-4-18(11-17)26(32)33/h2-6,11-12,20H,7-10,13-15H2,1H3,(H,32,33). The predicted molar refractivity (Wildman–Crippen MR) is 131 cm³/mol. The fraction of sp³-hybridized carbons (Fsp3) is 0.346. The number of aromatic carboxylic acids is 1. The Hall–Kier alpha value is -3.20. The first-order valence-electron chi connectivity index (χ1n) is 11.6. The number of carbonyl (C=O) groups is 1. The van der Waals surface area contributed by atoms with Crippen LogP contribution in [0.2, 0.25) is 5.02 Å². The van der Waals surface area contributed by atoms with Gasteiger partial charge >= 0.3 is 5.97 Å². The van der Waals surface area contributed by atoms with E-state index >= 15 is 0 Å². The monoisotopic (exact) mass is 495 g/mol. The largest absolute Gasteiger partial charge is 0.491 e. The van der Waals surface area contributed by atoms with Crippen LogP contribution in [0.15, 0.2) is 47.3 Å². The summed E-state index contributed by atoms with van der Waals surface area (Å²) in [6, 6.07) is 12.2. The van der Waals surface area contributed by atoms with Crippen LogP contribution in [0.3, 0.4) is 0 Å². The second-order valence-electron chi connectivity index (χ2n) is 8.83. The van der Waals surface area contributed by atoms with Gasteiger partial charge in [-0.2, -0.15) is 0 Å². The highest BCUT2D eigenvalue weighted by molar-refractivity contribution is 6.31. The lowest BCUT2D eigenvalue weighted by molar-refractivity contribution is -0.0699. The van der Waals surface area contributed by atoms with Crippen molar-refractivity contribution in [2.24, 2.45) is 0 Å². The molecule has 9 heteroatoms. The van der Waals surface area contributed by atoms with Crippen LogP contribution in [0.25, 0.3) is 11.1 Å². The molecule has 3 aromatic rings. The minimum atomic E-state index is -1.01. The van der Waals surface area contributed by atoms with Gasteiger partial charge in [-0.15, -0.1) is 0 Å². The summed E-state index contributed by atoms with van der Waals surface area (Å²) in [4.78, 5) is 31.7. The lowest BCUT2D eigenvalue weighted by Crippen LogP contribution is -2.52. The molecule has 2 aromatic carbocycles. The van der Waals surface area contributed by atoms with E-state index in [9.17, 15) is 14.7 Å². The van der Waals surface area contributed by atoms with Gasteiger partial charge in [-0.3, -0.25) is 14.3 Å². The van der Waals surface area contributed by atoms with Gasteiger partial charge in [-0.05, 0) is 42.8 Å². The van der Waals surface area contributed by atoms with E-state index in [1.165, 1.54) is 6.07 Å². The van der Waals surface area contributed by atoms with Crippen LogP contribution in [-0.4, -0.2) is 57.9 Å². The van der Waals surface area contributed by atoms with Gasteiger partial charge in [0.1, 0.15) is 18.2 Å². The van der Waals surface area contributed by atoms with Gasteiger partial charge in [-0.25, -0.2) is 9.78 Å². The highest BCUT2D eigenvalue weighted by Gasteiger charge is 2.31. The van der Waals surface area contributed by atoms with Gasteiger partial charge in [-0.1, -0.05) is 23.7 Å². The molecule has 0 atom stereocenters. The predicted octanol–water partition coefficient (Wildman–Crippen LogP) is 3.41. The molecule has 0 bridgehead atoms. The average Bonchev–Trinajstić information content (AvgIpc) is 2.81. The Labute approximate surface area is 207 Å². The minimum Gasteiger partial charge on any atom is -0.491 e. The van der Waals surface area contributed by atoms with Gasteiger partial charge < -0.3 is 14.6 Å². The van der Waals surface area contributed by atoms with Crippen LogP contribution in [-0.2, 0) is 24.2 Å². The number of ether oxygens (including phenoxy) is 2. The van der Waals surface area contributed by atoms with Crippen molar-refractivity contribution in [3.05, 3.63) is 80.5 Å². The molecule has 1 aromatic heterocycles. The topological polar surface area (TPSA) is 93.9 Å². The van der Waals surface area contributed by atoms with Gasteiger partial charge in [0.2, 0.25) is 0 Å². The maximum Gasteiger partial charge on any atom is 0.335 e. The van der Waals surface area contributed by atoms with Crippen LogP contribution in [0, 0.1) is 6.92 Å². The van der Waals surface area contributed by atoms with Crippen molar-refractivity contribution in [3.8, 4) is 16.9 Å². The number of carboxylic acids is 1. The maximum atomic E-state index is 13.3. The Morgan fingerprint density at radius 1 is 1.26 bits per heavy atom. The molecule has 8 nitrogen and oxygen atoms in total. The molecule has 0 amide bonds. The summed E-state index contributed by atoms with van der Waals surface area (Å²) < 4.78 is 13.1. The summed E-state index contributed by atoms with van der Waals surface area (Å²) >= 11 is 6.22. The third-order valence-corrected chi connectivity index (χ3v) is 6.84. The first kappa shape index (κ1) is 23.5. The molecule has 0 spiro atoms. The zero-order valence-electron chi connectivity index (χ0n) is 19.4. The first-order valence-corrected chi connectivity index (χ1v) is 12.0. The average molecular weight is 496 g/mol. The maximum absolute atomic E-state index is 13.3. The van der Waals surface area contributed by atoms with Gasteiger partial charge in [0.25, 0.3) is 5.56 Å². The first-order chi connectivity index (χ1) is 16.9. The molecular formula is C26H26ClN3O5. The summed E-state index contributed by atoms with van der Waals surface area (Å²) in [5.41, 5.74) is 3.17. The molecule has 0 unspecified atom stereocenters. The molecule has 1 N–H and O–H groups in total. The van der Waals surface area contributed by atoms with E-state index in [0.29, 0.717) is 46.9 Å². The normalized spacial score (nSPS) is 15.9. The summed E-state index contributed by atoms with van der Waals surface area (Å²) in [5.74, 6) is 0.225. The highest BCUT2D eigenvalue weighted by atomic mass is 35.5. The molecule has 3 heterocycles.